The molecular weight excluding hydrogens is 250 g/mol. The van der Waals surface area contributed by atoms with Gasteiger partial charge in [-0.3, -0.25) is 15.1 Å². The normalized spacial score (nSPS) is 20.2. The minimum Gasteiger partial charge on any atom is -0.306 e. The van der Waals surface area contributed by atoms with Crippen LogP contribution in [0.1, 0.15) is 24.2 Å². The molecule has 2 aromatic heterocycles. The third-order valence-corrected chi connectivity index (χ3v) is 3.93. The van der Waals surface area contributed by atoms with E-state index >= 15 is 0 Å². The second kappa shape index (κ2) is 5.71. The molecule has 1 saturated heterocycles. The van der Waals surface area contributed by atoms with Crippen LogP contribution in [0.4, 0.5) is 0 Å². The number of aryl methyl sites for hydroxylation is 1. The Morgan fingerprint density at radius 2 is 2.20 bits per heavy atom. The Morgan fingerprint density at radius 3 is 2.95 bits per heavy atom. The maximum Gasteiger partial charge on any atom is 0.113 e. The van der Waals surface area contributed by atoms with Gasteiger partial charge in [-0.25, -0.2) is 0 Å². The van der Waals surface area contributed by atoms with Crippen LogP contribution in [0.25, 0.3) is 11.4 Å². The molecule has 3 heterocycles. The standard InChI is InChI=1S/C15H21N5/c1-11-8-14(19-18-11)15-13(16-5-6-17-15)9-12-4-3-7-20(2)10-12/h5-6,8,12H,3-4,7,9-10H2,1-2H3,(H,18,19)/t12-/m0/s1. The number of nitrogens with zero attached hydrogens (tertiary/aromatic N) is 4. The molecular formula is C15H21N5. The third kappa shape index (κ3) is 2.88. The van der Waals surface area contributed by atoms with Gasteiger partial charge in [-0.15, -0.1) is 0 Å². The minimum atomic E-state index is 0.671. The third-order valence-electron chi connectivity index (χ3n) is 3.93. The molecule has 2 aromatic rings. The van der Waals surface area contributed by atoms with Gasteiger partial charge in [0.05, 0.1) is 5.69 Å². The van der Waals surface area contributed by atoms with Crippen LogP contribution >= 0.6 is 0 Å². The number of hydrogen-bond donors (Lipinski definition) is 1. The van der Waals surface area contributed by atoms with Gasteiger partial charge < -0.3 is 4.90 Å². The molecule has 1 N–H and O–H groups in total. The summed E-state index contributed by atoms with van der Waals surface area (Å²) in [5.41, 5.74) is 3.94. The first-order valence-corrected chi connectivity index (χ1v) is 7.23. The van der Waals surface area contributed by atoms with E-state index in [9.17, 15) is 0 Å². The van der Waals surface area contributed by atoms with Crippen molar-refractivity contribution < 1.29 is 0 Å². The summed E-state index contributed by atoms with van der Waals surface area (Å²) >= 11 is 0. The van der Waals surface area contributed by atoms with E-state index < -0.39 is 0 Å². The Morgan fingerprint density at radius 1 is 1.35 bits per heavy atom. The Balaban J connectivity index is 1.83. The molecule has 0 saturated carbocycles. The van der Waals surface area contributed by atoms with Gasteiger partial charge in [-0.2, -0.15) is 5.10 Å². The van der Waals surface area contributed by atoms with Crippen molar-refractivity contribution in [2.24, 2.45) is 5.92 Å². The van der Waals surface area contributed by atoms with Crippen molar-refractivity contribution in [1.82, 2.24) is 25.1 Å². The van der Waals surface area contributed by atoms with Crippen LogP contribution in [0, 0.1) is 12.8 Å². The highest BCUT2D eigenvalue weighted by Gasteiger charge is 2.20. The van der Waals surface area contributed by atoms with Crippen molar-refractivity contribution >= 4 is 0 Å². The summed E-state index contributed by atoms with van der Waals surface area (Å²) < 4.78 is 0. The molecule has 0 aromatic carbocycles. The number of piperidine rings is 1. The van der Waals surface area contributed by atoms with E-state index in [1.54, 1.807) is 12.4 Å². The van der Waals surface area contributed by atoms with Crippen LogP contribution in [-0.2, 0) is 6.42 Å². The molecule has 0 unspecified atom stereocenters. The number of H-pyrrole nitrogens is 1. The molecule has 5 heteroatoms. The first-order chi connectivity index (χ1) is 9.72. The van der Waals surface area contributed by atoms with E-state index in [0.717, 1.165) is 35.7 Å². The van der Waals surface area contributed by atoms with E-state index in [1.165, 1.54) is 19.4 Å². The zero-order chi connectivity index (χ0) is 13.9. The maximum atomic E-state index is 4.55. The Kier molecular flexibility index (Phi) is 3.78. The Hall–Kier alpha value is -1.75. The highest BCUT2D eigenvalue weighted by atomic mass is 15.1. The number of rotatable bonds is 3. The van der Waals surface area contributed by atoms with Crippen molar-refractivity contribution in [3.8, 4) is 11.4 Å². The molecule has 0 bridgehead atoms. The second-order valence-electron chi connectivity index (χ2n) is 5.76. The van der Waals surface area contributed by atoms with E-state index in [-0.39, 0.29) is 0 Å². The summed E-state index contributed by atoms with van der Waals surface area (Å²) in [4.78, 5) is 11.4. The van der Waals surface area contributed by atoms with Gasteiger partial charge in [0.1, 0.15) is 11.4 Å². The SMILES string of the molecule is Cc1cc(-c2nccnc2C[C@@H]2CCCN(C)C2)n[nH]1. The van der Waals surface area contributed by atoms with Gasteiger partial charge in [-0.1, -0.05) is 0 Å². The predicted octanol–water partition coefficient (Wildman–Crippen LogP) is 2.06. The lowest BCUT2D eigenvalue weighted by Crippen LogP contribution is -2.33. The molecule has 0 amide bonds. The summed E-state index contributed by atoms with van der Waals surface area (Å²) in [7, 11) is 2.20. The summed E-state index contributed by atoms with van der Waals surface area (Å²) in [6.07, 6.45) is 7.07. The molecule has 0 spiro atoms. The fraction of sp³-hybridized carbons (Fsp3) is 0.533. The van der Waals surface area contributed by atoms with Gasteiger partial charge in [0.15, 0.2) is 0 Å². The number of likely N-dealkylation sites (tertiary alicyclic amines) is 1. The average Bonchev–Trinajstić information content (AvgIpc) is 2.86. The van der Waals surface area contributed by atoms with Gasteiger partial charge >= 0.3 is 0 Å². The van der Waals surface area contributed by atoms with E-state index in [1.807, 2.05) is 13.0 Å². The quantitative estimate of drug-likeness (QED) is 0.928. The van der Waals surface area contributed by atoms with Crippen LogP contribution in [0.5, 0.6) is 0 Å². The van der Waals surface area contributed by atoms with Crippen LogP contribution in [0.2, 0.25) is 0 Å². The largest absolute Gasteiger partial charge is 0.306 e. The van der Waals surface area contributed by atoms with Crippen molar-refractivity contribution in [3.05, 3.63) is 29.8 Å². The summed E-state index contributed by atoms with van der Waals surface area (Å²) in [6, 6.07) is 2.03. The lowest BCUT2D eigenvalue weighted by atomic mass is 9.92. The molecule has 1 aliphatic heterocycles. The number of aromatic nitrogens is 4. The lowest BCUT2D eigenvalue weighted by molar-refractivity contribution is 0.208. The molecule has 1 atom stereocenters. The zero-order valence-electron chi connectivity index (χ0n) is 12.1. The summed E-state index contributed by atoms with van der Waals surface area (Å²) in [5.74, 6) is 0.671. The monoisotopic (exact) mass is 271 g/mol. The highest BCUT2D eigenvalue weighted by molar-refractivity contribution is 5.56. The number of nitrogens with one attached hydrogen (secondary N) is 1. The van der Waals surface area contributed by atoms with Crippen LogP contribution in [0.3, 0.4) is 0 Å². The van der Waals surface area contributed by atoms with Gasteiger partial charge in [0.2, 0.25) is 0 Å². The topological polar surface area (TPSA) is 57.7 Å². The fourth-order valence-electron chi connectivity index (χ4n) is 2.98. The highest BCUT2D eigenvalue weighted by Crippen LogP contribution is 2.24. The van der Waals surface area contributed by atoms with Crippen molar-refractivity contribution in [2.45, 2.75) is 26.2 Å². The molecule has 3 rings (SSSR count). The van der Waals surface area contributed by atoms with E-state index in [0.29, 0.717) is 5.92 Å². The van der Waals surface area contributed by atoms with Crippen molar-refractivity contribution in [3.63, 3.8) is 0 Å². The van der Waals surface area contributed by atoms with Crippen molar-refractivity contribution in [2.75, 3.05) is 20.1 Å². The minimum absolute atomic E-state index is 0.671. The molecule has 0 radical (unpaired) electrons. The Labute approximate surface area is 119 Å². The average molecular weight is 271 g/mol. The number of aromatic amines is 1. The molecule has 106 valence electrons. The smallest absolute Gasteiger partial charge is 0.113 e. The molecule has 20 heavy (non-hydrogen) atoms. The molecule has 0 aliphatic carbocycles. The second-order valence-corrected chi connectivity index (χ2v) is 5.76. The van der Waals surface area contributed by atoms with Gasteiger partial charge in [-0.05, 0) is 51.8 Å². The van der Waals surface area contributed by atoms with Gasteiger partial charge in [0.25, 0.3) is 0 Å². The predicted molar refractivity (Wildman–Crippen MR) is 78.3 cm³/mol. The molecule has 1 fully saturated rings. The van der Waals surface area contributed by atoms with E-state index in [4.69, 9.17) is 0 Å². The lowest BCUT2D eigenvalue weighted by Gasteiger charge is -2.29. The Bertz CT molecular complexity index is 577. The summed E-state index contributed by atoms with van der Waals surface area (Å²) in [5, 5.41) is 7.30. The first-order valence-electron chi connectivity index (χ1n) is 7.23. The van der Waals surface area contributed by atoms with Gasteiger partial charge in [0, 0.05) is 24.6 Å². The van der Waals surface area contributed by atoms with Crippen LogP contribution in [-0.4, -0.2) is 45.2 Å². The van der Waals surface area contributed by atoms with E-state index in [2.05, 4.69) is 32.1 Å². The summed E-state index contributed by atoms with van der Waals surface area (Å²) in [6.45, 7) is 4.36. The maximum absolute atomic E-state index is 4.55. The number of hydrogen-bond acceptors (Lipinski definition) is 4. The first kappa shape index (κ1) is 13.2. The van der Waals surface area contributed by atoms with Crippen LogP contribution < -0.4 is 0 Å². The zero-order valence-corrected chi connectivity index (χ0v) is 12.1. The molecule has 1 aliphatic rings. The molecule has 5 nitrogen and oxygen atoms in total. The fourth-order valence-corrected chi connectivity index (χ4v) is 2.98. The van der Waals surface area contributed by atoms with Crippen LogP contribution in [0.15, 0.2) is 18.5 Å². The van der Waals surface area contributed by atoms with Crippen molar-refractivity contribution in [1.29, 1.82) is 0 Å².